The van der Waals surface area contributed by atoms with Gasteiger partial charge in [-0.05, 0) is 18.6 Å². The van der Waals surface area contributed by atoms with Gasteiger partial charge in [-0.25, -0.2) is 0 Å². The molecule has 1 rings (SSSR count). The zero-order chi connectivity index (χ0) is 12.7. The first kappa shape index (κ1) is 13.2. The lowest BCUT2D eigenvalue weighted by atomic mass is 10.1. The third kappa shape index (κ3) is 4.22. The maximum Gasteiger partial charge on any atom is 0.288 e. The maximum absolute atomic E-state index is 11.5. The van der Waals surface area contributed by atoms with E-state index in [9.17, 15) is 9.59 Å². The van der Waals surface area contributed by atoms with E-state index in [1.807, 2.05) is 13.8 Å². The second-order valence-electron chi connectivity index (χ2n) is 3.85. The number of amides is 2. The highest BCUT2D eigenvalue weighted by atomic mass is 16.2. The minimum atomic E-state index is -0.414. The zero-order valence-corrected chi connectivity index (χ0v) is 10.1. The lowest BCUT2D eigenvalue weighted by Gasteiger charge is -2.11. The van der Waals surface area contributed by atoms with Crippen LogP contribution in [0.5, 0.6) is 0 Å². The molecule has 5 nitrogen and oxygen atoms in total. The van der Waals surface area contributed by atoms with Gasteiger partial charge in [-0.2, -0.15) is 0 Å². The van der Waals surface area contributed by atoms with Crippen molar-refractivity contribution in [1.82, 2.24) is 15.8 Å². The SMILES string of the molecule is CCCC(C)C(=O)NNC(=O)c1ccccn1. The molecule has 1 heterocycles. The van der Waals surface area contributed by atoms with Crippen LogP contribution in [0.4, 0.5) is 0 Å². The summed E-state index contributed by atoms with van der Waals surface area (Å²) in [6.07, 6.45) is 3.25. The molecule has 1 aromatic heterocycles. The highest BCUT2D eigenvalue weighted by Crippen LogP contribution is 2.03. The Morgan fingerprint density at radius 2 is 2.12 bits per heavy atom. The molecule has 0 bridgehead atoms. The van der Waals surface area contributed by atoms with E-state index in [4.69, 9.17) is 0 Å². The standard InChI is InChI=1S/C12H17N3O2/c1-3-6-9(2)11(16)14-15-12(17)10-7-4-5-8-13-10/h4-5,7-9H,3,6H2,1-2H3,(H,14,16)(H,15,17). The Labute approximate surface area is 101 Å². The van der Waals surface area contributed by atoms with E-state index in [1.54, 1.807) is 18.2 Å². The Bertz CT molecular complexity index is 379. The van der Waals surface area contributed by atoms with E-state index >= 15 is 0 Å². The van der Waals surface area contributed by atoms with Crippen molar-refractivity contribution in [2.75, 3.05) is 0 Å². The molecule has 0 aromatic carbocycles. The summed E-state index contributed by atoms with van der Waals surface area (Å²) in [5.74, 6) is -0.706. The molecular weight excluding hydrogens is 218 g/mol. The topological polar surface area (TPSA) is 71.1 Å². The molecule has 0 radical (unpaired) electrons. The molecular formula is C12H17N3O2. The molecule has 0 fully saturated rings. The fourth-order valence-electron chi connectivity index (χ4n) is 1.37. The molecule has 0 aliphatic rings. The van der Waals surface area contributed by atoms with Crippen LogP contribution in [-0.4, -0.2) is 16.8 Å². The number of carbonyl (C=O) groups excluding carboxylic acids is 2. The number of pyridine rings is 1. The number of rotatable bonds is 4. The Hall–Kier alpha value is -1.91. The fraction of sp³-hybridized carbons (Fsp3) is 0.417. The van der Waals surface area contributed by atoms with Crippen molar-refractivity contribution in [3.05, 3.63) is 30.1 Å². The smallest absolute Gasteiger partial charge is 0.273 e. The number of nitrogens with one attached hydrogen (secondary N) is 2. The van der Waals surface area contributed by atoms with E-state index in [0.717, 1.165) is 12.8 Å². The van der Waals surface area contributed by atoms with E-state index in [0.29, 0.717) is 0 Å². The number of nitrogens with zero attached hydrogens (tertiary/aromatic N) is 1. The second kappa shape index (κ2) is 6.62. The van der Waals surface area contributed by atoms with Gasteiger partial charge in [-0.15, -0.1) is 0 Å². The third-order valence-electron chi connectivity index (χ3n) is 2.37. The number of hydrogen-bond donors (Lipinski definition) is 2. The molecule has 1 atom stereocenters. The summed E-state index contributed by atoms with van der Waals surface area (Å²) >= 11 is 0. The summed E-state index contributed by atoms with van der Waals surface area (Å²) in [4.78, 5) is 26.9. The van der Waals surface area contributed by atoms with Gasteiger partial charge in [-0.1, -0.05) is 26.3 Å². The minimum absolute atomic E-state index is 0.107. The van der Waals surface area contributed by atoms with Crippen LogP contribution >= 0.6 is 0 Å². The van der Waals surface area contributed by atoms with Gasteiger partial charge in [-0.3, -0.25) is 25.4 Å². The van der Waals surface area contributed by atoms with Crippen molar-refractivity contribution in [1.29, 1.82) is 0 Å². The van der Waals surface area contributed by atoms with Gasteiger partial charge in [0.1, 0.15) is 5.69 Å². The highest BCUT2D eigenvalue weighted by molar-refractivity contribution is 5.93. The summed E-state index contributed by atoms with van der Waals surface area (Å²) in [6.45, 7) is 3.84. The van der Waals surface area contributed by atoms with Crippen molar-refractivity contribution in [3.8, 4) is 0 Å². The Morgan fingerprint density at radius 3 is 2.71 bits per heavy atom. The van der Waals surface area contributed by atoms with Crippen LogP contribution in [0.25, 0.3) is 0 Å². The lowest BCUT2D eigenvalue weighted by molar-refractivity contribution is -0.125. The van der Waals surface area contributed by atoms with Gasteiger partial charge >= 0.3 is 0 Å². The van der Waals surface area contributed by atoms with E-state index in [2.05, 4.69) is 15.8 Å². The average Bonchev–Trinajstić information content (AvgIpc) is 2.36. The van der Waals surface area contributed by atoms with Gasteiger partial charge in [0.15, 0.2) is 0 Å². The molecule has 0 spiro atoms. The van der Waals surface area contributed by atoms with E-state index < -0.39 is 5.91 Å². The molecule has 0 aliphatic heterocycles. The molecule has 0 saturated heterocycles. The van der Waals surface area contributed by atoms with Crippen molar-refractivity contribution < 1.29 is 9.59 Å². The van der Waals surface area contributed by atoms with Gasteiger partial charge in [0.2, 0.25) is 5.91 Å². The molecule has 0 saturated carbocycles. The first-order valence-corrected chi connectivity index (χ1v) is 5.66. The van der Waals surface area contributed by atoms with Crippen molar-refractivity contribution >= 4 is 11.8 Å². The first-order valence-electron chi connectivity index (χ1n) is 5.66. The summed E-state index contributed by atoms with van der Waals surface area (Å²) in [6, 6.07) is 5.01. The largest absolute Gasteiger partial charge is 0.288 e. The van der Waals surface area contributed by atoms with Crippen LogP contribution in [-0.2, 0) is 4.79 Å². The zero-order valence-electron chi connectivity index (χ0n) is 10.1. The molecule has 92 valence electrons. The Morgan fingerprint density at radius 1 is 1.35 bits per heavy atom. The maximum atomic E-state index is 11.5. The second-order valence-corrected chi connectivity index (χ2v) is 3.85. The highest BCUT2D eigenvalue weighted by Gasteiger charge is 2.13. The number of hydrazine groups is 1. The van der Waals surface area contributed by atoms with Crippen LogP contribution in [0.3, 0.4) is 0 Å². The van der Waals surface area contributed by atoms with Gasteiger partial charge in [0.05, 0.1) is 0 Å². The molecule has 2 N–H and O–H groups in total. The average molecular weight is 235 g/mol. The van der Waals surface area contributed by atoms with Crippen molar-refractivity contribution in [2.24, 2.45) is 5.92 Å². The molecule has 1 aromatic rings. The lowest BCUT2D eigenvalue weighted by Crippen LogP contribution is -2.44. The molecule has 0 aliphatic carbocycles. The van der Waals surface area contributed by atoms with Crippen LogP contribution in [0.15, 0.2) is 24.4 Å². The molecule has 5 heteroatoms. The van der Waals surface area contributed by atoms with E-state index in [-0.39, 0.29) is 17.5 Å². The van der Waals surface area contributed by atoms with Crippen molar-refractivity contribution in [2.45, 2.75) is 26.7 Å². The molecule has 17 heavy (non-hydrogen) atoms. The first-order chi connectivity index (χ1) is 8.15. The van der Waals surface area contributed by atoms with Crippen molar-refractivity contribution in [3.63, 3.8) is 0 Å². The third-order valence-corrected chi connectivity index (χ3v) is 2.37. The van der Waals surface area contributed by atoms with Crippen LogP contribution in [0, 0.1) is 5.92 Å². The van der Waals surface area contributed by atoms with Gasteiger partial charge in [0, 0.05) is 12.1 Å². The Kier molecular flexibility index (Phi) is 5.13. The predicted octanol–water partition coefficient (Wildman–Crippen LogP) is 1.28. The summed E-state index contributed by atoms with van der Waals surface area (Å²) in [5.41, 5.74) is 5.00. The summed E-state index contributed by atoms with van der Waals surface area (Å²) in [7, 11) is 0. The molecule has 2 amide bonds. The number of carbonyl (C=O) groups is 2. The van der Waals surface area contributed by atoms with Gasteiger partial charge < -0.3 is 0 Å². The molecule has 1 unspecified atom stereocenters. The van der Waals surface area contributed by atoms with Crippen LogP contribution in [0.1, 0.15) is 37.2 Å². The van der Waals surface area contributed by atoms with Gasteiger partial charge in [0.25, 0.3) is 5.91 Å². The predicted molar refractivity (Wildman–Crippen MR) is 63.9 cm³/mol. The van der Waals surface area contributed by atoms with E-state index in [1.165, 1.54) is 6.20 Å². The summed E-state index contributed by atoms with van der Waals surface area (Å²) in [5, 5.41) is 0. The Balaban J connectivity index is 2.41. The quantitative estimate of drug-likeness (QED) is 0.772. The normalized spacial score (nSPS) is 11.6. The van der Waals surface area contributed by atoms with Crippen LogP contribution in [0.2, 0.25) is 0 Å². The monoisotopic (exact) mass is 235 g/mol. The fourth-order valence-corrected chi connectivity index (χ4v) is 1.37. The minimum Gasteiger partial charge on any atom is -0.273 e. The summed E-state index contributed by atoms with van der Waals surface area (Å²) < 4.78 is 0. The van der Waals surface area contributed by atoms with Crippen LogP contribution < -0.4 is 10.9 Å². The number of hydrogen-bond acceptors (Lipinski definition) is 3. The number of aromatic nitrogens is 1.